The van der Waals surface area contributed by atoms with Crippen molar-refractivity contribution in [3.05, 3.63) is 83.4 Å². The van der Waals surface area contributed by atoms with Crippen molar-refractivity contribution >= 4 is 17.5 Å². The van der Waals surface area contributed by atoms with Crippen molar-refractivity contribution in [3.63, 3.8) is 0 Å². The Hall–Kier alpha value is -4.00. The van der Waals surface area contributed by atoms with Crippen molar-refractivity contribution in [1.82, 2.24) is 21.0 Å². The molecular formula is C45H65N5O6. The Balaban J connectivity index is 1.45. The number of hydrogen-bond donors (Lipinski definition) is 5. The maximum atomic E-state index is 14.4. The van der Waals surface area contributed by atoms with Gasteiger partial charge in [0.25, 0.3) is 5.91 Å². The maximum Gasteiger partial charge on any atom is 0.251 e. The standard InChI is InChI=1S/C45H65N5O6/c1-27-19-38(28(2)29(3)45(27,5)6)48-44(54)41-40(30(4)52)39(26-51)56-50(41)25-32-17-14-18-37(42(32)55-10)33-21-34(23-36(22-33)49(8)9)43(53)47-35(24-46-7)20-31-15-12-11-13-16-31/h11-18,21-23,27-30,35,38-41,46,51-52H,19-20,24-26H2,1-10H3,(H,47,53)(H,48,54)/t27-,28+,29+,30+,35+,38+,39+,40-,41+/m1/s1. The normalized spacial score (nSPS) is 26.0. The first-order valence-corrected chi connectivity index (χ1v) is 20.1. The molecule has 56 heavy (non-hydrogen) atoms. The summed E-state index contributed by atoms with van der Waals surface area (Å²) in [5, 5.41) is 32.8. The highest BCUT2D eigenvalue weighted by Crippen LogP contribution is 2.47. The fraction of sp³-hybridized carbons (Fsp3) is 0.556. The van der Waals surface area contributed by atoms with E-state index in [0.717, 1.165) is 34.4 Å². The molecule has 0 spiro atoms. The molecule has 306 valence electrons. The SMILES string of the molecule is CNC[C@H](Cc1ccccc1)NC(=O)c1cc(-c2cccc(CN3O[C@@H](CO)[C@@H]([C@H](C)O)[C@H]3C(=O)N[C@H]3C[C@@H](C)C(C)(C)[C@@H](C)[C@@H]3C)c2OC)cc(N(C)C)c1. The molecule has 11 heteroatoms. The third kappa shape index (κ3) is 9.40. The Bertz CT molecular complexity index is 1780. The molecule has 3 aromatic carbocycles. The van der Waals surface area contributed by atoms with E-state index in [9.17, 15) is 19.8 Å². The minimum absolute atomic E-state index is 0.0368. The van der Waals surface area contributed by atoms with Crippen molar-refractivity contribution in [3.8, 4) is 16.9 Å². The van der Waals surface area contributed by atoms with E-state index in [-0.39, 0.29) is 48.4 Å². The van der Waals surface area contributed by atoms with Crippen molar-refractivity contribution in [2.24, 2.45) is 29.1 Å². The van der Waals surface area contributed by atoms with Gasteiger partial charge in [0.2, 0.25) is 5.91 Å². The number of anilines is 1. The smallest absolute Gasteiger partial charge is 0.251 e. The number of aliphatic hydroxyl groups is 2. The molecular weight excluding hydrogens is 707 g/mol. The molecule has 5 N–H and O–H groups in total. The summed E-state index contributed by atoms with van der Waals surface area (Å²) in [6.07, 6.45) is -0.150. The molecule has 1 heterocycles. The Morgan fingerprint density at radius 2 is 1.77 bits per heavy atom. The van der Waals surface area contributed by atoms with Crippen molar-refractivity contribution < 1.29 is 29.4 Å². The first-order valence-electron chi connectivity index (χ1n) is 20.1. The zero-order valence-electron chi connectivity index (χ0n) is 35.0. The maximum absolute atomic E-state index is 14.4. The second kappa shape index (κ2) is 18.5. The van der Waals surface area contributed by atoms with Gasteiger partial charge in [-0.2, -0.15) is 5.06 Å². The molecule has 2 aliphatic rings. The van der Waals surface area contributed by atoms with E-state index in [2.05, 4.69) is 62.7 Å². The van der Waals surface area contributed by atoms with E-state index in [4.69, 9.17) is 9.57 Å². The number of ether oxygens (including phenoxy) is 1. The van der Waals surface area contributed by atoms with E-state index in [0.29, 0.717) is 36.1 Å². The van der Waals surface area contributed by atoms with Crippen LogP contribution in [0.3, 0.4) is 0 Å². The Morgan fingerprint density at radius 3 is 2.39 bits per heavy atom. The number of nitrogens with zero attached hydrogens (tertiary/aromatic N) is 2. The summed E-state index contributed by atoms with van der Waals surface area (Å²) in [6.45, 7) is 13.4. The molecule has 2 fully saturated rings. The molecule has 0 aromatic heterocycles. The molecule has 0 unspecified atom stereocenters. The lowest BCUT2D eigenvalue weighted by atomic mass is 9.58. The molecule has 0 bridgehead atoms. The van der Waals surface area contributed by atoms with Crippen LogP contribution in [-0.2, 0) is 22.6 Å². The molecule has 5 rings (SSSR count). The quantitative estimate of drug-likeness (QED) is 0.140. The van der Waals surface area contributed by atoms with Crippen molar-refractivity contribution in [1.29, 1.82) is 0 Å². The lowest BCUT2D eigenvalue weighted by molar-refractivity contribution is -0.182. The number of aliphatic hydroxyl groups excluding tert-OH is 2. The molecule has 9 atom stereocenters. The van der Waals surface area contributed by atoms with Gasteiger partial charge in [-0.1, -0.05) is 83.1 Å². The largest absolute Gasteiger partial charge is 0.496 e. The van der Waals surface area contributed by atoms with Gasteiger partial charge in [-0.25, -0.2) is 0 Å². The highest BCUT2D eigenvalue weighted by Gasteiger charge is 2.51. The lowest BCUT2D eigenvalue weighted by Crippen LogP contribution is -2.56. The lowest BCUT2D eigenvalue weighted by Gasteiger charge is -2.50. The van der Waals surface area contributed by atoms with Crippen LogP contribution in [0.25, 0.3) is 11.1 Å². The van der Waals surface area contributed by atoms with Crippen LogP contribution in [0, 0.1) is 29.1 Å². The van der Waals surface area contributed by atoms with Crippen LogP contribution in [-0.4, -0.2) is 98.8 Å². The number of hydroxylamine groups is 2. The molecule has 3 aromatic rings. The first kappa shape index (κ1) is 43.1. The van der Waals surface area contributed by atoms with E-state index >= 15 is 0 Å². The molecule has 0 radical (unpaired) electrons. The van der Waals surface area contributed by atoms with Gasteiger partial charge < -0.3 is 35.8 Å². The predicted molar refractivity (Wildman–Crippen MR) is 222 cm³/mol. The third-order valence-corrected chi connectivity index (χ3v) is 12.9. The number of likely N-dealkylation sites (N-methyl/N-ethyl adjacent to an activating group) is 1. The van der Waals surface area contributed by atoms with Crippen LogP contribution in [0.15, 0.2) is 66.7 Å². The summed E-state index contributed by atoms with van der Waals surface area (Å²) in [6, 6.07) is 20.7. The van der Waals surface area contributed by atoms with Crippen LogP contribution in [0.1, 0.15) is 69.4 Å². The molecule has 1 aliphatic heterocycles. The minimum atomic E-state index is -0.916. The summed E-state index contributed by atoms with van der Waals surface area (Å²) in [5.41, 5.74) is 4.95. The Labute approximate surface area is 334 Å². The number of carbonyl (C=O) groups is 2. The average molecular weight is 772 g/mol. The number of para-hydroxylation sites is 1. The van der Waals surface area contributed by atoms with E-state index in [1.165, 1.54) is 0 Å². The van der Waals surface area contributed by atoms with Crippen LogP contribution < -0.4 is 25.6 Å². The van der Waals surface area contributed by atoms with Crippen LogP contribution in [0.5, 0.6) is 5.75 Å². The van der Waals surface area contributed by atoms with Gasteiger partial charge in [-0.15, -0.1) is 0 Å². The summed E-state index contributed by atoms with van der Waals surface area (Å²) in [5.74, 6) is 0.544. The van der Waals surface area contributed by atoms with Gasteiger partial charge in [0, 0.05) is 61.0 Å². The number of hydrogen-bond acceptors (Lipinski definition) is 9. The van der Waals surface area contributed by atoms with Gasteiger partial charge in [0.05, 0.1) is 26.4 Å². The summed E-state index contributed by atoms with van der Waals surface area (Å²) in [4.78, 5) is 36.6. The Kier molecular flexibility index (Phi) is 14.3. The second-order valence-corrected chi connectivity index (χ2v) is 17.0. The molecule has 1 saturated carbocycles. The molecule has 1 saturated heterocycles. The first-order chi connectivity index (χ1) is 26.6. The van der Waals surface area contributed by atoms with Crippen molar-refractivity contribution in [2.75, 3.05) is 46.3 Å². The average Bonchev–Trinajstić information content (AvgIpc) is 3.55. The van der Waals surface area contributed by atoms with E-state index in [1.807, 2.05) is 80.6 Å². The number of methoxy groups -OCH3 is 1. The fourth-order valence-electron chi connectivity index (χ4n) is 8.80. The Morgan fingerprint density at radius 1 is 1.05 bits per heavy atom. The van der Waals surface area contributed by atoms with Crippen molar-refractivity contribution in [2.45, 2.75) is 91.3 Å². The topological polar surface area (TPSA) is 136 Å². The number of benzene rings is 3. The van der Waals surface area contributed by atoms with Gasteiger partial charge in [-0.05, 0) is 79.3 Å². The van der Waals surface area contributed by atoms with Gasteiger partial charge in [0.1, 0.15) is 17.9 Å². The van der Waals surface area contributed by atoms with Gasteiger partial charge in [0.15, 0.2) is 0 Å². The van der Waals surface area contributed by atoms with E-state index < -0.39 is 24.2 Å². The highest BCUT2D eigenvalue weighted by atomic mass is 16.7. The van der Waals surface area contributed by atoms with E-state index in [1.54, 1.807) is 19.1 Å². The predicted octanol–water partition coefficient (Wildman–Crippen LogP) is 5.29. The monoisotopic (exact) mass is 771 g/mol. The number of rotatable bonds is 15. The van der Waals surface area contributed by atoms with Gasteiger partial charge >= 0.3 is 0 Å². The van der Waals surface area contributed by atoms with Crippen LogP contribution in [0.4, 0.5) is 5.69 Å². The summed E-state index contributed by atoms with van der Waals surface area (Å²) >= 11 is 0. The molecule has 2 amide bonds. The summed E-state index contributed by atoms with van der Waals surface area (Å²) < 4.78 is 6.10. The zero-order chi connectivity index (χ0) is 40.9. The number of nitrogens with one attached hydrogen (secondary N) is 3. The third-order valence-electron chi connectivity index (χ3n) is 12.9. The highest BCUT2D eigenvalue weighted by molar-refractivity contribution is 5.97. The number of amides is 2. The van der Waals surface area contributed by atoms with Crippen LogP contribution >= 0.6 is 0 Å². The minimum Gasteiger partial charge on any atom is -0.496 e. The molecule has 1 aliphatic carbocycles. The fourth-order valence-corrected chi connectivity index (χ4v) is 8.80. The van der Waals surface area contributed by atoms with Crippen LogP contribution in [0.2, 0.25) is 0 Å². The van der Waals surface area contributed by atoms with Gasteiger partial charge in [-0.3, -0.25) is 14.4 Å². The molecule has 11 nitrogen and oxygen atoms in total. The summed E-state index contributed by atoms with van der Waals surface area (Å²) in [7, 11) is 7.37. The number of carbonyl (C=O) groups excluding carboxylic acids is 2. The zero-order valence-corrected chi connectivity index (χ0v) is 35.0. The second-order valence-electron chi connectivity index (χ2n) is 17.0.